The Morgan fingerprint density at radius 3 is 2.33 bits per heavy atom. The molecule has 0 heterocycles. The van der Waals surface area contributed by atoms with Gasteiger partial charge in [-0.3, -0.25) is 0 Å². The number of ether oxygens (including phenoxy) is 1. The highest BCUT2D eigenvalue weighted by molar-refractivity contribution is 14.1. The summed E-state index contributed by atoms with van der Waals surface area (Å²) >= 11 is 1.83. The van der Waals surface area contributed by atoms with Crippen molar-refractivity contribution in [2.45, 2.75) is 0 Å². The summed E-state index contributed by atoms with van der Waals surface area (Å²) < 4.78 is 9.28. The molecule has 0 aromatic carbocycles. The van der Waals surface area contributed by atoms with Gasteiger partial charge < -0.3 is 7.80 Å². The topological polar surface area (TPSA) is 18.5 Å². The lowest BCUT2D eigenvalue weighted by Crippen LogP contribution is -1.93. The van der Waals surface area contributed by atoms with Crippen LogP contribution in [0.2, 0.25) is 0 Å². The minimum Gasteiger partial charge on any atom is -0.382 e. The number of rotatable bonds is 3. The third-order valence-corrected chi connectivity index (χ3v) is 0.805. The predicted molar refractivity (Wildman–Crippen MR) is 31.8 cm³/mol. The van der Waals surface area contributed by atoms with Crippen molar-refractivity contribution in [3.8, 4) is 0 Å². The Morgan fingerprint density at radius 1 is 1.50 bits per heavy atom. The molecule has 0 spiro atoms. The van der Waals surface area contributed by atoms with Gasteiger partial charge in [-0.1, -0.05) is 0 Å². The molecule has 0 fully saturated rings. The quantitative estimate of drug-likeness (QED) is 0.502. The zero-order valence-corrected chi connectivity index (χ0v) is 5.77. The predicted octanol–water partition coefficient (Wildman–Crippen LogP) is 0.999. The summed E-state index contributed by atoms with van der Waals surface area (Å²) in [5.41, 5.74) is 0. The minimum absolute atomic E-state index is 0.678. The lowest BCUT2D eigenvalue weighted by molar-refractivity contribution is 0.166. The van der Waals surface area contributed by atoms with Gasteiger partial charge in [-0.2, -0.15) is 0 Å². The van der Waals surface area contributed by atoms with Gasteiger partial charge in [0.2, 0.25) is 0 Å². The van der Waals surface area contributed by atoms with Crippen LogP contribution in [-0.2, 0) is 7.80 Å². The van der Waals surface area contributed by atoms with Crippen molar-refractivity contribution in [2.24, 2.45) is 0 Å². The fourth-order valence-corrected chi connectivity index (χ4v) is 0.295. The van der Waals surface area contributed by atoms with Crippen molar-refractivity contribution in [1.29, 1.82) is 0 Å². The van der Waals surface area contributed by atoms with Gasteiger partial charge >= 0.3 is 0 Å². The van der Waals surface area contributed by atoms with Crippen molar-refractivity contribution in [1.82, 2.24) is 0 Å². The molecule has 0 N–H and O–H groups in total. The normalized spacial score (nSPS) is 9.00. The van der Waals surface area contributed by atoms with Crippen LogP contribution in [0.25, 0.3) is 0 Å². The molecule has 0 unspecified atom stereocenters. The van der Waals surface area contributed by atoms with Crippen LogP contribution in [0.3, 0.4) is 0 Å². The maximum atomic E-state index is 4.65. The summed E-state index contributed by atoms with van der Waals surface area (Å²) in [6.45, 7) is 1.36. The molecule has 0 amide bonds. The van der Waals surface area contributed by atoms with Gasteiger partial charge in [0, 0.05) is 7.11 Å². The molecule has 3 heteroatoms. The van der Waals surface area contributed by atoms with Crippen molar-refractivity contribution >= 4 is 23.0 Å². The Hall–Kier alpha value is 0.650. The van der Waals surface area contributed by atoms with Crippen molar-refractivity contribution < 1.29 is 7.80 Å². The first-order chi connectivity index (χ1) is 2.91. The van der Waals surface area contributed by atoms with Crippen LogP contribution in [0.5, 0.6) is 0 Å². The molecule has 0 atom stereocenters. The van der Waals surface area contributed by atoms with Gasteiger partial charge in [0.1, 0.15) is 23.0 Å². The molecule has 0 aliphatic rings. The summed E-state index contributed by atoms with van der Waals surface area (Å²) in [5.74, 6) is 0. The van der Waals surface area contributed by atoms with E-state index < -0.39 is 0 Å². The van der Waals surface area contributed by atoms with E-state index in [0.717, 1.165) is 0 Å². The van der Waals surface area contributed by atoms with Gasteiger partial charge in [0.15, 0.2) is 0 Å². The summed E-state index contributed by atoms with van der Waals surface area (Å²) in [4.78, 5) is 0. The molecule has 0 aliphatic carbocycles. The fraction of sp³-hybridized carbons (Fsp3) is 1.00. The second-order valence-electron chi connectivity index (χ2n) is 0.806. The lowest BCUT2D eigenvalue weighted by atomic mass is 10.8. The smallest absolute Gasteiger partial charge is 0.109 e. The third-order valence-electron chi connectivity index (χ3n) is 0.365. The zero-order chi connectivity index (χ0) is 4.83. The van der Waals surface area contributed by atoms with Gasteiger partial charge in [0.05, 0.1) is 13.2 Å². The molecule has 6 heavy (non-hydrogen) atoms. The van der Waals surface area contributed by atoms with Gasteiger partial charge in [-0.15, -0.1) is 0 Å². The van der Waals surface area contributed by atoms with E-state index in [1.165, 1.54) is 0 Å². The Morgan fingerprint density at radius 2 is 2.17 bits per heavy atom. The molecule has 0 saturated carbocycles. The fourth-order valence-electron chi connectivity index (χ4n) is 0.115. The number of methoxy groups -OCH3 is 1. The van der Waals surface area contributed by atoms with Gasteiger partial charge in [-0.25, -0.2) is 0 Å². The monoisotopic (exact) mass is 202 g/mol. The van der Waals surface area contributed by atoms with Crippen molar-refractivity contribution in [2.75, 3.05) is 20.3 Å². The average Bonchev–Trinajstić information content (AvgIpc) is 1.61. The summed E-state index contributed by atoms with van der Waals surface area (Å²) in [7, 11) is 1.65. The van der Waals surface area contributed by atoms with Crippen LogP contribution in [-0.4, -0.2) is 20.3 Å². The summed E-state index contributed by atoms with van der Waals surface area (Å²) in [5, 5.41) is 0. The highest BCUT2D eigenvalue weighted by atomic mass is 127. The highest BCUT2D eigenvalue weighted by Gasteiger charge is 1.75. The van der Waals surface area contributed by atoms with Crippen molar-refractivity contribution in [3.63, 3.8) is 0 Å². The van der Waals surface area contributed by atoms with Crippen LogP contribution in [0.4, 0.5) is 0 Å². The molecule has 0 radical (unpaired) electrons. The Kier molecular flexibility index (Phi) is 6.26. The summed E-state index contributed by atoms with van der Waals surface area (Å²) in [6.07, 6.45) is 0. The van der Waals surface area contributed by atoms with E-state index in [0.29, 0.717) is 13.2 Å². The van der Waals surface area contributed by atoms with Gasteiger partial charge in [-0.05, 0) is 0 Å². The van der Waals surface area contributed by atoms with Crippen LogP contribution in [0, 0.1) is 0 Å². The van der Waals surface area contributed by atoms with Crippen LogP contribution < -0.4 is 0 Å². The van der Waals surface area contributed by atoms with Crippen LogP contribution >= 0.6 is 23.0 Å². The van der Waals surface area contributed by atoms with Gasteiger partial charge in [0.25, 0.3) is 0 Å². The largest absolute Gasteiger partial charge is 0.382 e. The van der Waals surface area contributed by atoms with Crippen LogP contribution in [0.1, 0.15) is 0 Å². The molecule has 0 saturated heterocycles. The molecular weight excluding hydrogens is 195 g/mol. The minimum atomic E-state index is 0.678. The van der Waals surface area contributed by atoms with E-state index in [9.17, 15) is 0 Å². The molecule has 0 rings (SSSR count). The van der Waals surface area contributed by atoms with E-state index in [-0.39, 0.29) is 0 Å². The number of hydrogen-bond acceptors (Lipinski definition) is 2. The molecule has 0 aromatic rings. The molecule has 0 aromatic heterocycles. The SMILES string of the molecule is COCCOI. The second-order valence-corrected chi connectivity index (χ2v) is 1.43. The molecular formula is C3H7IO2. The van der Waals surface area contributed by atoms with Crippen LogP contribution in [0.15, 0.2) is 0 Å². The number of halogens is 1. The Bertz CT molecular complexity index is 20.8. The average molecular weight is 202 g/mol. The first-order valence-electron chi connectivity index (χ1n) is 1.64. The molecule has 38 valence electrons. The van der Waals surface area contributed by atoms with E-state index in [1.54, 1.807) is 7.11 Å². The third kappa shape index (κ3) is 4.65. The lowest BCUT2D eigenvalue weighted by Gasteiger charge is -1.89. The van der Waals surface area contributed by atoms with E-state index in [4.69, 9.17) is 0 Å². The molecule has 0 aliphatic heterocycles. The number of hydrogen-bond donors (Lipinski definition) is 0. The maximum Gasteiger partial charge on any atom is 0.109 e. The first-order valence-corrected chi connectivity index (χ1v) is 2.52. The zero-order valence-electron chi connectivity index (χ0n) is 3.61. The molecule has 0 bridgehead atoms. The Labute approximate surface area is 51.5 Å². The second kappa shape index (κ2) is 5.65. The van der Waals surface area contributed by atoms with E-state index >= 15 is 0 Å². The first kappa shape index (κ1) is 6.65. The molecule has 2 nitrogen and oxygen atoms in total. The van der Waals surface area contributed by atoms with E-state index in [1.807, 2.05) is 23.0 Å². The summed E-state index contributed by atoms with van der Waals surface area (Å²) in [6, 6.07) is 0. The Balaban J connectivity index is 2.34. The standard InChI is InChI=1S/C3H7IO2/c1-5-2-3-6-4/h2-3H2,1H3. The highest BCUT2D eigenvalue weighted by Crippen LogP contribution is 1.82. The van der Waals surface area contributed by atoms with Crippen molar-refractivity contribution in [3.05, 3.63) is 0 Å². The maximum absolute atomic E-state index is 4.65. The van der Waals surface area contributed by atoms with E-state index in [2.05, 4.69) is 7.80 Å².